The highest BCUT2D eigenvalue weighted by Gasteiger charge is 2.20. The average molecular weight is 427 g/mol. The van der Waals surface area contributed by atoms with Crippen LogP contribution < -0.4 is 10.2 Å². The molecule has 1 N–H and O–H groups in total. The van der Waals surface area contributed by atoms with E-state index in [4.69, 9.17) is 34.8 Å². The second-order valence-electron chi connectivity index (χ2n) is 6.24. The van der Waals surface area contributed by atoms with Crippen molar-refractivity contribution in [1.29, 1.82) is 0 Å². The molecule has 0 spiro atoms. The maximum Gasteiger partial charge on any atom is 0.255 e. The molecule has 0 atom stereocenters. The van der Waals surface area contributed by atoms with Crippen molar-refractivity contribution in [3.8, 4) is 0 Å². The Morgan fingerprint density at radius 1 is 0.889 bits per heavy atom. The lowest BCUT2D eigenvalue weighted by atomic mass is 10.2. The van der Waals surface area contributed by atoms with Crippen LogP contribution in [0.4, 0.5) is 11.4 Å². The molecule has 0 bridgehead atoms. The van der Waals surface area contributed by atoms with Crippen molar-refractivity contribution in [2.24, 2.45) is 0 Å². The topological polar surface area (TPSA) is 52.7 Å². The van der Waals surface area contributed by atoms with E-state index in [1.165, 1.54) is 6.07 Å². The first kappa shape index (κ1) is 19.8. The summed E-state index contributed by atoms with van der Waals surface area (Å²) in [4.78, 5) is 27.8. The van der Waals surface area contributed by atoms with E-state index in [9.17, 15) is 9.59 Å². The van der Waals surface area contributed by atoms with Gasteiger partial charge < -0.3 is 15.1 Å². The molecule has 2 aromatic rings. The fourth-order valence-corrected chi connectivity index (χ4v) is 3.54. The quantitative estimate of drug-likeness (QED) is 0.782. The summed E-state index contributed by atoms with van der Waals surface area (Å²) < 4.78 is 0. The lowest BCUT2D eigenvalue weighted by Gasteiger charge is -2.36. The summed E-state index contributed by atoms with van der Waals surface area (Å²) in [6.45, 7) is 4.35. The zero-order valence-corrected chi connectivity index (χ0v) is 16.9. The average Bonchev–Trinajstić information content (AvgIpc) is 2.64. The zero-order valence-electron chi connectivity index (χ0n) is 14.6. The lowest BCUT2D eigenvalue weighted by Crippen LogP contribution is -2.48. The fraction of sp³-hybridized carbons (Fsp3) is 0.263. The van der Waals surface area contributed by atoms with Crippen LogP contribution in [0.3, 0.4) is 0 Å². The number of carbonyl (C=O) groups is 2. The molecule has 0 aliphatic carbocycles. The highest BCUT2D eigenvalue weighted by Crippen LogP contribution is 2.30. The van der Waals surface area contributed by atoms with Gasteiger partial charge in [0.25, 0.3) is 5.91 Å². The van der Waals surface area contributed by atoms with Gasteiger partial charge in [0, 0.05) is 44.4 Å². The summed E-state index contributed by atoms with van der Waals surface area (Å²) in [5.74, 6) is -0.214. The number of amides is 2. The monoisotopic (exact) mass is 425 g/mol. The summed E-state index contributed by atoms with van der Waals surface area (Å²) in [6, 6.07) is 10.1. The van der Waals surface area contributed by atoms with E-state index in [-0.39, 0.29) is 11.8 Å². The van der Waals surface area contributed by atoms with Gasteiger partial charge in [0.2, 0.25) is 5.91 Å². The van der Waals surface area contributed by atoms with Gasteiger partial charge in [-0.05, 0) is 36.4 Å². The van der Waals surface area contributed by atoms with Gasteiger partial charge in [-0.3, -0.25) is 9.59 Å². The van der Waals surface area contributed by atoms with Crippen LogP contribution in [0.15, 0.2) is 36.4 Å². The van der Waals surface area contributed by atoms with Gasteiger partial charge in [0.15, 0.2) is 0 Å². The molecule has 1 fully saturated rings. The Kier molecular flexibility index (Phi) is 6.15. The Labute approximate surface area is 172 Å². The summed E-state index contributed by atoms with van der Waals surface area (Å²) in [7, 11) is 0. The molecular formula is C19H18Cl3N3O2. The third kappa shape index (κ3) is 4.67. The van der Waals surface area contributed by atoms with Crippen LogP contribution in [0.5, 0.6) is 0 Å². The number of hydrogen-bond donors (Lipinski definition) is 1. The molecule has 142 valence electrons. The van der Waals surface area contributed by atoms with Crippen molar-refractivity contribution in [3.63, 3.8) is 0 Å². The van der Waals surface area contributed by atoms with Crippen molar-refractivity contribution in [2.75, 3.05) is 36.4 Å². The third-order valence-electron chi connectivity index (χ3n) is 4.45. The molecular weight excluding hydrogens is 409 g/mol. The second-order valence-corrected chi connectivity index (χ2v) is 7.46. The second kappa shape index (κ2) is 8.38. The van der Waals surface area contributed by atoms with Crippen LogP contribution >= 0.6 is 34.8 Å². The van der Waals surface area contributed by atoms with E-state index in [1.807, 2.05) is 11.0 Å². The smallest absolute Gasteiger partial charge is 0.255 e. The van der Waals surface area contributed by atoms with Crippen LogP contribution in [-0.4, -0.2) is 42.9 Å². The molecule has 1 saturated heterocycles. The number of hydrogen-bond acceptors (Lipinski definition) is 3. The Balaban J connectivity index is 1.68. The predicted molar refractivity (Wildman–Crippen MR) is 110 cm³/mol. The van der Waals surface area contributed by atoms with Gasteiger partial charge in [-0.25, -0.2) is 0 Å². The van der Waals surface area contributed by atoms with E-state index in [0.717, 1.165) is 5.69 Å². The molecule has 0 aromatic heterocycles. The summed E-state index contributed by atoms with van der Waals surface area (Å²) >= 11 is 18.3. The molecule has 5 nitrogen and oxygen atoms in total. The van der Waals surface area contributed by atoms with Crippen LogP contribution in [0.1, 0.15) is 17.3 Å². The first-order chi connectivity index (χ1) is 12.8. The zero-order chi connectivity index (χ0) is 19.6. The van der Waals surface area contributed by atoms with Gasteiger partial charge >= 0.3 is 0 Å². The van der Waals surface area contributed by atoms with Crippen LogP contribution in [-0.2, 0) is 4.79 Å². The number of nitrogens with one attached hydrogen (secondary N) is 1. The number of benzene rings is 2. The maximum atomic E-state index is 12.4. The summed E-state index contributed by atoms with van der Waals surface area (Å²) in [5, 5.41) is 4.06. The molecule has 2 amide bonds. The Bertz CT molecular complexity index is 880. The standard InChI is InChI=1S/C19H18Cl3N3O2/c1-12(26)24-6-8-25(9-7-24)18-5-3-14(11-17(18)22)23-19(27)13-2-4-15(20)16(21)10-13/h2-5,10-11H,6-9H2,1H3,(H,23,27). The number of piperazine rings is 1. The van der Waals surface area contributed by atoms with Crippen LogP contribution in [0.2, 0.25) is 15.1 Å². The lowest BCUT2D eigenvalue weighted by molar-refractivity contribution is -0.129. The van der Waals surface area contributed by atoms with E-state index < -0.39 is 0 Å². The fourth-order valence-electron chi connectivity index (χ4n) is 2.94. The van der Waals surface area contributed by atoms with Crippen molar-refractivity contribution in [1.82, 2.24) is 4.90 Å². The molecule has 0 saturated carbocycles. The molecule has 0 radical (unpaired) electrons. The minimum atomic E-state index is -0.299. The highest BCUT2D eigenvalue weighted by molar-refractivity contribution is 6.42. The first-order valence-corrected chi connectivity index (χ1v) is 9.55. The maximum absolute atomic E-state index is 12.4. The van der Waals surface area contributed by atoms with E-state index in [0.29, 0.717) is 52.5 Å². The highest BCUT2D eigenvalue weighted by atomic mass is 35.5. The van der Waals surface area contributed by atoms with E-state index >= 15 is 0 Å². The molecule has 8 heteroatoms. The van der Waals surface area contributed by atoms with Crippen molar-refractivity contribution in [3.05, 3.63) is 57.0 Å². The van der Waals surface area contributed by atoms with Crippen molar-refractivity contribution < 1.29 is 9.59 Å². The number of halogens is 3. The minimum Gasteiger partial charge on any atom is -0.367 e. The predicted octanol–water partition coefficient (Wildman–Crippen LogP) is 4.57. The summed E-state index contributed by atoms with van der Waals surface area (Å²) in [5.41, 5.74) is 1.87. The SMILES string of the molecule is CC(=O)N1CCN(c2ccc(NC(=O)c3ccc(Cl)c(Cl)c3)cc2Cl)CC1. The molecule has 1 aliphatic rings. The number of anilines is 2. The number of rotatable bonds is 3. The van der Waals surface area contributed by atoms with Gasteiger partial charge in [0.1, 0.15) is 0 Å². The van der Waals surface area contributed by atoms with Crippen LogP contribution in [0.25, 0.3) is 0 Å². The molecule has 0 unspecified atom stereocenters. The largest absolute Gasteiger partial charge is 0.367 e. The van der Waals surface area contributed by atoms with Crippen molar-refractivity contribution in [2.45, 2.75) is 6.92 Å². The molecule has 1 aliphatic heterocycles. The van der Waals surface area contributed by atoms with Gasteiger partial charge in [-0.1, -0.05) is 34.8 Å². The van der Waals surface area contributed by atoms with E-state index in [2.05, 4.69) is 10.2 Å². The number of nitrogens with zero attached hydrogens (tertiary/aromatic N) is 2. The van der Waals surface area contributed by atoms with E-state index in [1.54, 1.807) is 31.2 Å². The summed E-state index contributed by atoms with van der Waals surface area (Å²) in [6.07, 6.45) is 0. The molecule has 3 rings (SSSR count). The Hall–Kier alpha value is -1.95. The van der Waals surface area contributed by atoms with Gasteiger partial charge in [0.05, 0.1) is 20.8 Å². The van der Waals surface area contributed by atoms with Crippen molar-refractivity contribution >= 4 is 58.0 Å². The molecule has 27 heavy (non-hydrogen) atoms. The van der Waals surface area contributed by atoms with Gasteiger partial charge in [-0.15, -0.1) is 0 Å². The first-order valence-electron chi connectivity index (χ1n) is 8.41. The Morgan fingerprint density at radius 2 is 1.59 bits per heavy atom. The van der Waals surface area contributed by atoms with Gasteiger partial charge in [-0.2, -0.15) is 0 Å². The van der Waals surface area contributed by atoms with Crippen LogP contribution in [0, 0.1) is 0 Å². The Morgan fingerprint density at radius 3 is 2.19 bits per heavy atom. The third-order valence-corrected chi connectivity index (χ3v) is 5.49. The molecule has 2 aromatic carbocycles. The number of carbonyl (C=O) groups excluding carboxylic acids is 2. The normalized spacial score (nSPS) is 14.2. The molecule has 1 heterocycles. The minimum absolute atomic E-state index is 0.0844.